The fourth-order valence-corrected chi connectivity index (χ4v) is 3.44. The Morgan fingerprint density at radius 1 is 1.36 bits per heavy atom. The summed E-state index contributed by atoms with van der Waals surface area (Å²) in [4.78, 5) is 28.3. The lowest BCUT2D eigenvalue weighted by Gasteiger charge is -2.39. The average Bonchev–Trinajstić information content (AvgIpc) is 3.09. The van der Waals surface area contributed by atoms with Gasteiger partial charge >= 0.3 is 0 Å². The number of hydrogen-bond acceptors (Lipinski definition) is 3. The summed E-state index contributed by atoms with van der Waals surface area (Å²) in [6, 6.07) is 9.23. The van der Waals surface area contributed by atoms with Crippen molar-refractivity contribution in [1.82, 2.24) is 9.80 Å². The Morgan fingerprint density at radius 2 is 2.16 bits per heavy atom. The van der Waals surface area contributed by atoms with E-state index in [0.29, 0.717) is 30.7 Å². The van der Waals surface area contributed by atoms with Crippen molar-refractivity contribution in [2.75, 3.05) is 14.1 Å². The molecule has 1 aromatic carbocycles. The van der Waals surface area contributed by atoms with E-state index >= 15 is 0 Å². The lowest BCUT2D eigenvalue weighted by atomic mass is 9.83. The molecular formula is C19H21FN2O3. The van der Waals surface area contributed by atoms with Gasteiger partial charge in [0.15, 0.2) is 0 Å². The number of furan rings is 1. The van der Waals surface area contributed by atoms with Gasteiger partial charge in [0.05, 0.1) is 24.8 Å². The third-order valence-electron chi connectivity index (χ3n) is 4.72. The first-order chi connectivity index (χ1) is 12.0. The molecule has 2 heterocycles. The third-order valence-corrected chi connectivity index (χ3v) is 4.72. The number of rotatable bonds is 4. The van der Waals surface area contributed by atoms with E-state index in [2.05, 4.69) is 0 Å². The number of likely N-dealkylation sites (tertiary alicyclic amines) is 1. The molecule has 1 aliphatic rings. The van der Waals surface area contributed by atoms with Gasteiger partial charge in [0.2, 0.25) is 11.8 Å². The van der Waals surface area contributed by atoms with Crippen LogP contribution in [-0.4, -0.2) is 35.7 Å². The maximum absolute atomic E-state index is 13.7. The van der Waals surface area contributed by atoms with E-state index in [-0.39, 0.29) is 17.6 Å². The molecule has 5 nitrogen and oxygen atoms in total. The molecule has 0 saturated carbocycles. The molecule has 0 bridgehead atoms. The molecule has 3 rings (SSSR count). The minimum atomic E-state index is -0.469. The molecule has 6 heteroatoms. The Balaban J connectivity index is 1.86. The summed E-state index contributed by atoms with van der Waals surface area (Å²) in [5.41, 5.74) is 0.639. The van der Waals surface area contributed by atoms with Gasteiger partial charge in [0.1, 0.15) is 11.6 Å². The fraction of sp³-hybridized carbons (Fsp3) is 0.368. The first kappa shape index (κ1) is 17.2. The number of amides is 2. The lowest BCUT2D eigenvalue weighted by Crippen LogP contribution is -2.46. The predicted molar refractivity (Wildman–Crippen MR) is 89.8 cm³/mol. The van der Waals surface area contributed by atoms with Gasteiger partial charge in [-0.1, -0.05) is 12.1 Å². The molecule has 1 aromatic heterocycles. The number of carbonyl (C=O) groups is 2. The Bertz CT molecular complexity index is 760. The number of halogens is 1. The minimum absolute atomic E-state index is 0.0352. The standard InChI is InChI=1S/C19H21FN2O3/c1-21(12-15-7-4-10-25-15)19(24)16-8-9-17(23)22(2)18(16)13-5-3-6-14(20)11-13/h3-7,10-11,16,18H,8-9,12H2,1-2H3. The molecule has 1 aliphatic heterocycles. The first-order valence-electron chi connectivity index (χ1n) is 8.26. The molecule has 0 aliphatic carbocycles. The Hall–Kier alpha value is -2.63. The molecule has 1 saturated heterocycles. The van der Waals surface area contributed by atoms with Crippen molar-refractivity contribution in [3.05, 3.63) is 59.8 Å². The van der Waals surface area contributed by atoms with E-state index in [1.807, 2.05) is 6.07 Å². The smallest absolute Gasteiger partial charge is 0.228 e. The Kier molecular flexibility index (Phi) is 4.88. The van der Waals surface area contributed by atoms with Crippen molar-refractivity contribution in [2.45, 2.75) is 25.4 Å². The summed E-state index contributed by atoms with van der Waals surface area (Å²) in [6.45, 7) is 0.357. The quantitative estimate of drug-likeness (QED) is 0.857. The second-order valence-corrected chi connectivity index (χ2v) is 6.42. The summed E-state index contributed by atoms with van der Waals surface area (Å²) in [5, 5.41) is 0. The molecule has 0 N–H and O–H groups in total. The monoisotopic (exact) mass is 344 g/mol. The van der Waals surface area contributed by atoms with E-state index in [1.54, 1.807) is 48.4 Å². The molecule has 2 unspecified atom stereocenters. The van der Waals surface area contributed by atoms with E-state index in [0.717, 1.165) is 0 Å². The Morgan fingerprint density at radius 3 is 2.84 bits per heavy atom. The van der Waals surface area contributed by atoms with Crippen molar-refractivity contribution in [3.8, 4) is 0 Å². The molecule has 132 valence electrons. The van der Waals surface area contributed by atoms with E-state index in [4.69, 9.17) is 4.42 Å². The van der Waals surface area contributed by atoms with Crippen LogP contribution in [0.4, 0.5) is 4.39 Å². The SMILES string of the molecule is CN(Cc1ccco1)C(=O)C1CCC(=O)N(C)C1c1cccc(F)c1. The van der Waals surface area contributed by atoms with E-state index in [1.165, 1.54) is 12.1 Å². The van der Waals surface area contributed by atoms with Gasteiger partial charge in [0, 0.05) is 20.5 Å². The molecule has 0 spiro atoms. The van der Waals surface area contributed by atoms with E-state index < -0.39 is 12.0 Å². The fourth-order valence-electron chi connectivity index (χ4n) is 3.44. The van der Waals surface area contributed by atoms with Crippen LogP contribution < -0.4 is 0 Å². The van der Waals surface area contributed by atoms with Crippen molar-refractivity contribution < 1.29 is 18.4 Å². The lowest BCUT2D eigenvalue weighted by molar-refractivity contribution is -0.146. The van der Waals surface area contributed by atoms with Crippen molar-refractivity contribution in [2.24, 2.45) is 5.92 Å². The summed E-state index contributed by atoms with van der Waals surface area (Å²) in [6.07, 6.45) is 2.33. The number of piperidine rings is 1. The molecule has 0 radical (unpaired) electrons. The number of carbonyl (C=O) groups excluding carboxylic acids is 2. The zero-order chi connectivity index (χ0) is 18.0. The average molecular weight is 344 g/mol. The highest BCUT2D eigenvalue weighted by molar-refractivity contribution is 5.84. The highest BCUT2D eigenvalue weighted by atomic mass is 19.1. The minimum Gasteiger partial charge on any atom is -0.467 e. The van der Waals surface area contributed by atoms with Crippen LogP contribution in [0.3, 0.4) is 0 Å². The first-order valence-corrected chi connectivity index (χ1v) is 8.26. The van der Waals surface area contributed by atoms with Crippen LogP contribution in [-0.2, 0) is 16.1 Å². The van der Waals surface area contributed by atoms with Gasteiger partial charge in [-0.2, -0.15) is 0 Å². The van der Waals surface area contributed by atoms with Crippen LogP contribution in [0.15, 0.2) is 47.1 Å². The highest BCUT2D eigenvalue weighted by Gasteiger charge is 2.40. The second kappa shape index (κ2) is 7.09. The van der Waals surface area contributed by atoms with Crippen molar-refractivity contribution in [1.29, 1.82) is 0 Å². The Labute approximate surface area is 146 Å². The van der Waals surface area contributed by atoms with E-state index in [9.17, 15) is 14.0 Å². The van der Waals surface area contributed by atoms with Crippen LogP contribution >= 0.6 is 0 Å². The predicted octanol–water partition coefficient (Wildman–Crippen LogP) is 2.99. The van der Waals surface area contributed by atoms with Crippen LogP contribution in [0.2, 0.25) is 0 Å². The van der Waals surface area contributed by atoms with Gasteiger partial charge in [0.25, 0.3) is 0 Å². The van der Waals surface area contributed by atoms with Crippen LogP contribution in [0.25, 0.3) is 0 Å². The number of hydrogen-bond donors (Lipinski definition) is 0. The normalized spacial score (nSPS) is 20.6. The zero-order valence-electron chi connectivity index (χ0n) is 14.3. The summed E-state index contributed by atoms with van der Waals surface area (Å²) in [7, 11) is 3.38. The van der Waals surface area contributed by atoms with Crippen LogP contribution in [0.5, 0.6) is 0 Å². The molecule has 2 aromatic rings. The summed E-state index contributed by atoms with van der Waals surface area (Å²) in [5.74, 6) is -0.209. The molecule has 2 atom stereocenters. The molecule has 25 heavy (non-hydrogen) atoms. The largest absolute Gasteiger partial charge is 0.467 e. The number of nitrogens with zero attached hydrogens (tertiary/aromatic N) is 2. The molecule has 1 fully saturated rings. The summed E-state index contributed by atoms with van der Waals surface area (Å²) < 4.78 is 19.0. The van der Waals surface area contributed by atoms with Gasteiger partial charge in [-0.15, -0.1) is 0 Å². The number of benzene rings is 1. The van der Waals surface area contributed by atoms with Gasteiger partial charge in [-0.3, -0.25) is 9.59 Å². The highest BCUT2D eigenvalue weighted by Crippen LogP contribution is 2.37. The van der Waals surface area contributed by atoms with Gasteiger partial charge < -0.3 is 14.2 Å². The molecule has 2 amide bonds. The van der Waals surface area contributed by atoms with Crippen LogP contribution in [0, 0.1) is 11.7 Å². The van der Waals surface area contributed by atoms with Crippen LogP contribution in [0.1, 0.15) is 30.2 Å². The summed E-state index contributed by atoms with van der Waals surface area (Å²) >= 11 is 0. The van der Waals surface area contributed by atoms with Crippen molar-refractivity contribution >= 4 is 11.8 Å². The maximum Gasteiger partial charge on any atom is 0.228 e. The second-order valence-electron chi connectivity index (χ2n) is 6.42. The van der Waals surface area contributed by atoms with Gasteiger partial charge in [-0.05, 0) is 36.2 Å². The topological polar surface area (TPSA) is 53.8 Å². The molecular weight excluding hydrogens is 323 g/mol. The third kappa shape index (κ3) is 3.57. The zero-order valence-corrected chi connectivity index (χ0v) is 14.3. The van der Waals surface area contributed by atoms with Crippen molar-refractivity contribution in [3.63, 3.8) is 0 Å². The van der Waals surface area contributed by atoms with Gasteiger partial charge in [-0.25, -0.2) is 4.39 Å². The maximum atomic E-state index is 13.7.